The van der Waals surface area contributed by atoms with Gasteiger partial charge in [0.05, 0.1) is 0 Å². The van der Waals surface area contributed by atoms with Crippen molar-refractivity contribution in [3.05, 3.63) is 42.7 Å². The largest absolute Gasteiger partial charge is 0.507 e. The summed E-state index contributed by atoms with van der Waals surface area (Å²) in [5, 5.41) is 19.6. The minimum atomic E-state index is -4.18. The van der Waals surface area contributed by atoms with Crippen LogP contribution in [0, 0.1) is 0 Å². The smallest absolute Gasteiger partial charge is 0.263 e. The molecule has 1 aromatic heterocycles. The van der Waals surface area contributed by atoms with Gasteiger partial charge in [-0.1, -0.05) is 6.07 Å². The molecular formula is C18H21N3O5S2. The Hall–Kier alpha value is -2.14. The van der Waals surface area contributed by atoms with E-state index < -0.39 is 32.5 Å². The van der Waals surface area contributed by atoms with Crippen LogP contribution in [0.5, 0.6) is 5.75 Å². The minimum Gasteiger partial charge on any atom is -0.507 e. The molecule has 0 aliphatic carbocycles. The molecule has 1 aromatic carbocycles. The summed E-state index contributed by atoms with van der Waals surface area (Å²) in [6.07, 6.45) is 3.20. The molecule has 150 valence electrons. The number of hydrogen-bond acceptors (Lipinski definition) is 7. The Labute approximate surface area is 167 Å². The Morgan fingerprint density at radius 2 is 1.93 bits per heavy atom. The number of phenols is 1. The molecule has 10 heteroatoms. The number of rotatable bonds is 4. The van der Waals surface area contributed by atoms with Gasteiger partial charge in [0.15, 0.2) is 0 Å². The lowest BCUT2D eigenvalue weighted by atomic mass is 10.0. The molecule has 1 aliphatic heterocycles. The third-order valence-corrected chi connectivity index (χ3v) is 7.92. The predicted octanol–water partition coefficient (Wildman–Crippen LogP) is 1.84. The van der Waals surface area contributed by atoms with Crippen molar-refractivity contribution in [1.29, 1.82) is 0 Å². The summed E-state index contributed by atoms with van der Waals surface area (Å²) < 4.78 is 26.8. The zero-order chi connectivity index (χ0) is 20.5. The maximum Gasteiger partial charge on any atom is 0.263 e. The Morgan fingerprint density at radius 3 is 2.54 bits per heavy atom. The van der Waals surface area contributed by atoms with Crippen molar-refractivity contribution in [2.24, 2.45) is 0 Å². The molecule has 1 aliphatic rings. The summed E-state index contributed by atoms with van der Waals surface area (Å²) >= 11 is 1.44. The van der Waals surface area contributed by atoms with Gasteiger partial charge in [0.1, 0.15) is 16.7 Å². The first-order valence-corrected chi connectivity index (χ1v) is 10.9. The van der Waals surface area contributed by atoms with Gasteiger partial charge < -0.3 is 5.11 Å². The van der Waals surface area contributed by atoms with E-state index in [9.17, 15) is 18.3 Å². The SMILES string of the molecule is CC1(C)SCCN(S(=O)(=O)c2ccc(-c3ccncc3)cc2O)[C@@H]1C(=O)NO. The van der Waals surface area contributed by atoms with Gasteiger partial charge in [-0.15, -0.1) is 0 Å². The van der Waals surface area contributed by atoms with Crippen LogP contribution >= 0.6 is 11.8 Å². The molecule has 3 N–H and O–H groups in total. The summed E-state index contributed by atoms with van der Waals surface area (Å²) in [5.74, 6) is -0.737. The summed E-state index contributed by atoms with van der Waals surface area (Å²) in [6.45, 7) is 3.57. The molecule has 1 fully saturated rings. The van der Waals surface area contributed by atoms with Crippen LogP contribution in [0.15, 0.2) is 47.6 Å². The molecule has 1 amide bonds. The highest BCUT2D eigenvalue weighted by molar-refractivity contribution is 8.01. The van der Waals surface area contributed by atoms with Crippen molar-refractivity contribution in [3.8, 4) is 16.9 Å². The Kier molecular flexibility index (Phi) is 5.67. The number of hydrogen-bond donors (Lipinski definition) is 3. The van der Waals surface area contributed by atoms with E-state index in [1.54, 1.807) is 49.9 Å². The highest BCUT2D eigenvalue weighted by Crippen LogP contribution is 2.40. The van der Waals surface area contributed by atoms with Gasteiger partial charge in [0.2, 0.25) is 10.0 Å². The van der Waals surface area contributed by atoms with Gasteiger partial charge in [0.25, 0.3) is 5.91 Å². The first-order chi connectivity index (χ1) is 13.2. The molecule has 2 heterocycles. The van der Waals surface area contributed by atoms with Crippen molar-refractivity contribution < 1.29 is 23.5 Å². The van der Waals surface area contributed by atoms with Crippen molar-refractivity contribution in [1.82, 2.24) is 14.8 Å². The number of thioether (sulfide) groups is 1. The van der Waals surface area contributed by atoms with E-state index in [2.05, 4.69) is 4.98 Å². The van der Waals surface area contributed by atoms with Crippen LogP contribution in [-0.4, -0.2) is 57.0 Å². The molecular weight excluding hydrogens is 402 g/mol. The first kappa shape index (κ1) is 20.6. The number of phenolic OH excluding ortho intramolecular Hbond substituents is 1. The van der Waals surface area contributed by atoms with Gasteiger partial charge >= 0.3 is 0 Å². The van der Waals surface area contributed by atoms with Crippen LogP contribution in [-0.2, 0) is 14.8 Å². The molecule has 1 saturated heterocycles. The highest BCUT2D eigenvalue weighted by atomic mass is 32.2. The lowest BCUT2D eigenvalue weighted by Gasteiger charge is -2.43. The normalized spacial score (nSPS) is 19.9. The Morgan fingerprint density at radius 1 is 1.25 bits per heavy atom. The van der Waals surface area contributed by atoms with Gasteiger partial charge in [-0.2, -0.15) is 16.1 Å². The van der Waals surface area contributed by atoms with Crippen LogP contribution < -0.4 is 5.48 Å². The first-order valence-electron chi connectivity index (χ1n) is 8.51. The third kappa shape index (κ3) is 3.72. The van der Waals surface area contributed by atoms with Crippen molar-refractivity contribution in [3.63, 3.8) is 0 Å². The molecule has 2 aromatic rings. The summed E-state index contributed by atoms with van der Waals surface area (Å²) in [7, 11) is -4.18. The number of amides is 1. The summed E-state index contributed by atoms with van der Waals surface area (Å²) in [5.41, 5.74) is 2.98. The molecule has 0 bridgehead atoms. The van der Waals surface area contributed by atoms with Crippen LogP contribution in [0.3, 0.4) is 0 Å². The van der Waals surface area contributed by atoms with E-state index in [4.69, 9.17) is 5.21 Å². The van der Waals surface area contributed by atoms with Gasteiger partial charge in [-0.05, 0) is 49.2 Å². The monoisotopic (exact) mass is 423 g/mol. The van der Waals surface area contributed by atoms with Crippen LogP contribution in [0.4, 0.5) is 0 Å². The lowest BCUT2D eigenvalue weighted by molar-refractivity contribution is -0.134. The van der Waals surface area contributed by atoms with E-state index >= 15 is 0 Å². The lowest BCUT2D eigenvalue weighted by Crippen LogP contribution is -2.61. The fourth-order valence-corrected chi connectivity index (χ4v) is 6.48. The molecule has 0 spiro atoms. The van der Waals surface area contributed by atoms with E-state index in [1.807, 2.05) is 0 Å². The Balaban J connectivity index is 2.03. The quantitative estimate of drug-likeness (QED) is 0.507. The Bertz CT molecular complexity index is 980. The number of nitrogens with zero attached hydrogens (tertiary/aromatic N) is 2. The second-order valence-corrected chi connectivity index (χ2v) is 10.5. The van der Waals surface area contributed by atoms with Crippen molar-refractivity contribution in [2.45, 2.75) is 29.5 Å². The third-order valence-electron chi connectivity index (χ3n) is 4.65. The van der Waals surface area contributed by atoms with Crippen molar-refractivity contribution in [2.75, 3.05) is 12.3 Å². The maximum absolute atomic E-state index is 13.3. The molecule has 0 radical (unpaired) electrons. The molecule has 28 heavy (non-hydrogen) atoms. The molecule has 1 atom stereocenters. The van der Waals surface area contributed by atoms with Gasteiger partial charge in [-0.3, -0.25) is 15.0 Å². The number of pyridine rings is 1. The number of benzene rings is 1. The number of carbonyl (C=O) groups is 1. The second-order valence-electron chi connectivity index (χ2n) is 6.86. The summed E-state index contributed by atoms with van der Waals surface area (Å²) in [4.78, 5) is 15.9. The van der Waals surface area contributed by atoms with Crippen LogP contribution in [0.25, 0.3) is 11.1 Å². The number of carbonyl (C=O) groups excluding carboxylic acids is 1. The number of sulfonamides is 1. The van der Waals surface area contributed by atoms with Gasteiger partial charge in [0, 0.05) is 29.4 Å². The van der Waals surface area contributed by atoms with Crippen LogP contribution in [0.1, 0.15) is 13.8 Å². The maximum atomic E-state index is 13.3. The van der Waals surface area contributed by atoms with E-state index in [1.165, 1.54) is 23.9 Å². The number of aromatic nitrogens is 1. The predicted molar refractivity (Wildman–Crippen MR) is 105 cm³/mol. The average Bonchev–Trinajstić information content (AvgIpc) is 2.67. The number of hydroxylamine groups is 1. The zero-order valence-electron chi connectivity index (χ0n) is 15.4. The molecule has 0 unspecified atom stereocenters. The van der Waals surface area contributed by atoms with Crippen LogP contribution in [0.2, 0.25) is 0 Å². The summed E-state index contributed by atoms with van der Waals surface area (Å²) in [6, 6.07) is 6.65. The fourth-order valence-electron chi connectivity index (χ4n) is 3.31. The van der Waals surface area contributed by atoms with Crippen molar-refractivity contribution >= 4 is 27.7 Å². The zero-order valence-corrected chi connectivity index (χ0v) is 17.0. The highest BCUT2D eigenvalue weighted by Gasteiger charge is 2.48. The average molecular weight is 424 g/mol. The van der Waals surface area contributed by atoms with E-state index in [0.29, 0.717) is 11.3 Å². The second kappa shape index (κ2) is 7.70. The number of nitrogens with one attached hydrogen (secondary N) is 1. The number of aromatic hydroxyl groups is 1. The molecule has 8 nitrogen and oxygen atoms in total. The fraction of sp³-hybridized carbons (Fsp3) is 0.333. The van der Waals surface area contributed by atoms with E-state index in [-0.39, 0.29) is 11.4 Å². The topological polar surface area (TPSA) is 120 Å². The van der Waals surface area contributed by atoms with E-state index in [0.717, 1.165) is 9.87 Å². The molecule has 3 rings (SSSR count). The molecule has 0 saturated carbocycles. The minimum absolute atomic E-state index is 0.0834. The van der Waals surface area contributed by atoms with Gasteiger partial charge in [-0.25, -0.2) is 13.9 Å². The standard InChI is InChI=1S/C18H21N3O5S2/c1-18(2)16(17(23)20-24)21(9-10-27-18)28(25,26)15-4-3-13(11-14(15)22)12-5-7-19-8-6-12/h3-8,11,16,22,24H,9-10H2,1-2H3,(H,20,23)/t16-/m1/s1.